The van der Waals surface area contributed by atoms with Gasteiger partial charge in [0.2, 0.25) is 0 Å². The van der Waals surface area contributed by atoms with Crippen molar-refractivity contribution in [2.45, 2.75) is 19.8 Å². The molecule has 0 radical (unpaired) electrons. The highest BCUT2D eigenvalue weighted by atomic mass is 79.9. The summed E-state index contributed by atoms with van der Waals surface area (Å²) in [6.45, 7) is 1.99. The molecule has 0 aliphatic heterocycles. The van der Waals surface area contributed by atoms with Gasteiger partial charge in [-0.3, -0.25) is 0 Å². The maximum atomic E-state index is 14.2. The Morgan fingerprint density at radius 1 is 1.17 bits per heavy atom. The van der Waals surface area contributed by atoms with E-state index in [9.17, 15) is 9.18 Å². The van der Waals surface area contributed by atoms with Crippen LogP contribution in [0.1, 0.15) is 28.5 Å². The molecule has 4 rings (SSSR count). The molecule has 0 bridgehead atoms. The van der Waals surface area contributed by atoms with Crippen molar-refractivity contribution < 1.29 is 23.4 Å². The zero-order valence-electron chi connectivity index (χ0n) is 16.8. The van der Waals surface area contributed by atoms with E-state index in [1.165, 1.54) is 19.2 Å². The van der Waals surface area contributed by atoms with Crippen LogP contribution >= 0.6 is 15.9 Å². The van der Waals surface area contributed by atoms with E-state index in [0.717, 1.165) is 39.0 Å². The standard InChI is InChI=1S/C22H20BrFN2O4/c1-4-30-22(27)20-16-6-5-12-7-19(29-3)18(23)11-17(12)21(16)26(25-20)14-8-13(24)9-15(10-14)28-2/h7-11H,4-6H2,1-3H3. The van der Waals surface area contributed by atoms with Gasteiger partial charge in [0.15, 0.2) is 5.69 Å². The Hall–Kier alpha value is -2.87. The van der Waals surface area contributed by atoms with E-state index >= 15 is 0 Å². The maximum Gasteiger partial charge on any atom is 0.359 e. The van der Waals surface area contributed by atoms with Crippen LogP contribution in [-0.2, 0) is 17.6 Å². The van der Waals surface area contributed by atoms with Crippen LogP contribution in [0.4, 0.5) is 4.39 Å². The molecule has 0 amide bonds. The summed E-state index contributed by atoms with van der Waals surface area (Å²) in [5.41, 5.74) is 4.17. The molecule has 0 saturated carbocycles. The van der Waals surface area contributed by atoms with Crippen molar-refractivity contribution in [3.05, 3.63) is 57.4 Å². The minimum absolute atomic E-state index is 0.243. The van der Waals surface area contributed by atoms with Crippen molar-refractivity contribution >= 4 is 21.9 Å². The largest absolute Gasteiger partial charge is 0.497 e. The Morgan fingerprint density at radius 2 is 1.97 bits per heavy atom. The molecule has 8 heteroatoms. The molecule has 1 aliphatic rings. The Morgan fingerprint density at radius 3 is 2.67 bits per heavy atom. The van der Waals surface area contributed by atoms with E-state index in [1.54, 1.807) is 24.8 Å². The third kappa shape index (κ3) is 3.45. The lowest BCUT2D eigenvalue weighted by molar-refractivity contribution is 0.0517. The van der Waals surface area contributed by atoms with Crippen LogP contribution in [0.3, 0.4) is 0 Å². The molecule has 0 atom stereocenters. The monoisotopic (exact) mass is 474 g/mol. The highest BCUT2D eigenvalue weighted by Crippen LogP contribution is 2.41. The second-order valence-electron chi connectivity index (χ2n) is 6.80. The molecule has 1 aromatic heterocycles. The van der Waals surface area contributed by atoms with Gasteiger partial charge >= 0.3 is 5.97 Å². The van der Waals surface area contributed by atoms with Crippen molar-refractivity contribution in [1.29, 1.82) is 0 Å². The van der Waals surface area contributed by atoms with Crippen molar-refractivity contribution in [3.63, 3.8) is 0 Å². The average molecular weight is 475 g/mol. The number of nitrogens with zero attached hydrogens (tertiary/aromatic N) is 2. The van der Waals surface area contributed by atoms with Gasteiger partial charge in [0.1, 0.15) is 17.3 Å². The van der Waals surface area contributed by atoms with Crippen molar-refractivity contribution in [3.8, 4) is 28.4 Å². The van der Waals surface area contributed by atoms with Crippen LogP contribution in [0.5, 0.6) is 11.5 Å². The number of aromatic nitrogens is 2. The van der Waals surface area contributed by atoms with E-state index in [2.05, 4.69) is 21.0 Å². The molecule has 3 aromatic rings. The Bertz CT molecular complexity index is 1140. The molecule has 30 heavy (non-hydrogen) atoms. The lowest BCUT2D eigenvalue weighted by Gasteiger charge is -2.20. The molecule has 1 aliphatic carbocycles. The average Bonchev–Trinajstić information content (AvgIpc) is 3.13. The third-order valence-electron chi connectivity index (χ3n) is 5.07. The topological polar surface area (TPSA) is 62.6 Å². The molecule has 0 unspecified atom stereocenters. The van der Waals surface area contributed by atoms with Gasteiger partial charge < -0.3 is 14.2 Å². The van der Waals surface area contributed by atoms with Gasteiger partial charge in [0.05, 0.1) is 36.7 Å². The minimum Gasteiger partial charge on any atom is -0.497 e. The van der Waals surface area contributed by atoms with Crippen LogP contribution in [-0.4, -0.2) is 36.6 Å². The summed E-state index contributed by atoms with van der Waals surface area (Å²) in [6, 6.07) is 8.24. The van der Waals surface area contributed by atoms with Gasteiger partial charge in [-0.05, 0) is 59.5 Å². The van der Waals surface area contributed by atoms with Gasteiger partial charge in [-0.25, -0.2) is 13.9 Å². The molecule has 0 spiro atoms. The van der Waals surface area contributed by atoms with Crippen molar-refractivity contribution in [2.24, 2.45) is 0 Å². The summed E-state index contributed by atoms with van der Waals surface area (Å²) in [5.74, 6) is 0.130. The predicted octanol–water partition coefficient (Wildman–Crippen LogP) is 4.73. The van der Waals surface area contributed by atoms with Gasteiger partial charge in [-0.15, -0.1) is 0 Å². The second-order valence-corrected chi connectivity index (χ2v) is 7.66. The predicted molar refractivity (Wildman–Crippen MR) is 113 cm³/mol. The lowest BCUT2D eigenvalue weighted by Crippen LogP contribution is -2.11. The van der Waals surface area contributed by atoms with Crippen LogP contribution < -0.4 is 9.47 Å². The fourth-order valence-corrected chi connectivity index (χ4v) is 4.25. The first kappa shape index (κ1) is 20.4. The number of carbonyl (C=O) groups excluding carboxylic acids is 1. The van der Waals surface area contributed by atoms with Crippen LogP contribution in [0, 0.1) is 5.82 Å². The molecule has 2 aromatic carbocycles. The molecule has 0 saturated heterocycles. The quantitative estimate of drug-likeness (QED) is 0.500. The van der Waals surface area contributed by atoms with Gasteiger partial charge in [0, 0.05) is 23.3 Å². The van der Waals surface area contributed by atoms with Crippen LogP contribution in [0.25, 0.3) is 16.9 Å². The summed E-state index contributed by atoms with van der Waals surface area (Å²) < 4.78 is 32.5. The van der Waals surface area contributed by atoms with E-state index in [1.807, 2.05) is 12.1 Å². The Kier molecular flexibility index (Phi) is 5.51. The number of aryl methyl sites for hydroxylation is 1. The molecule has 1 heterocycles. The van der Waals surface area contributed by atoms with Gasteiger partial charge in [-0.1, -0.05) is 0 Å². The van der Waals surface area contributed by atoms with Gasteiger partial charge in [0.25, 0.3) is 0 Å². The summed E-state index contributed by atoms with van der Waals surface area (Å²) >= 11 is 3.54. The number of hydrogen-bond acceptors (Lipinski definition) is 5. The van der Waals surface area contributed by atoms with E-state index in [4.69, 9.17) is 14.2 Å². The number of methoxy groups -OCH3 is 2. The zero-order valence-corrected chi connectivity index (χ0v) is 18.4. The third-order valence-corrected chi connectivity index (χ3v) is 5.69. The zero-order chi connectivity index (χ0) is 21.4. The van der Waals surface area contributed by atoms with Gasteiger partial charge in [-0.2, -0.15) is 5.10 Å². The first-order valence-electron chi connectivity index (χ1n) is 9.47. The summed E-state index contributed by atoms with van der Waals surface area (Å²) in [5, 5.41) is 4.54. The number of rotatable bonds is 5. The van der Waals surface area contributed by atoms with Crippen LogP contribution in [0.2, 0.25) is 0 Å². The second kappa shape index (κ2) is 8.10. The van der Waals surface area contributed by atoms with E-state index in [0.29, 0.717) is 17.9 Å². The normalized spacial score (nSPS) is 12.2. The fraction of sp³-hybridized carbons (Fsp3) is 0.273. The minimum atomic E-state index is -0.494. The number of fused-ring (bicyclic) bond motifs is 3. The molecular formula is C22H20BrFN2O4. The lowest BCUT2D eigenvalue weighted by atomic mass is 9.88. The smallest absolute Gasteiger partial charge is 0.359 e. The molecule has 0 N–H and O–H groups in total. The van der Waals surface area contributed by atoms with E-state index < -0.39 is 11.8 Å². The number of hydrogen-bond donors (Lipinski definition) is 0. The summed E-state index contributed by atoms with van der Waals surface area (Å²) in [4.78, 5) is 12.6. The molecule has 6 nitrogen and oxygen atoms in total. The van der Waals surface area contributed by atoms with Crippen LogP contribution in [0.15, 0.2) is 34.8 Å². The first-order chi connectivity index (χ1) is 14.5. The SMILES string of the molecule is CCOC(=O)c1nn(-c2cc(F)cc(OC)c2)c2c1CCc1cc(OC)c(Br)cc1-2. The maximum absolute atomic E-state index is 14.2. The Labute approximate surface area is 181 Å². The fourth-order valence-electron chi connectivity index (χ4n) is 3.74. The number of benzene rings is 2. The number of esters is 1. The highest BCUT2D eigenvalue weighted by molar-refractivity contribution is 9.10. The number of carbonyl (C=O) groups is 1. The first-order valence-corrected chi connectivity index (χ1v) is 10.3. The number of halogens is 2. The highest BCUT2D eigenvalue weighted by Gasteiger charge is 2.30. The van der Waals surface area contributed by atoms with E-state index in [-0.39, 0.29) is 12.3 Å². The van der Waals surface area contributed by atoms with Crippen molar-refractivity contribution in [2.75, 3.05) is 20.8 Å². The number of ether oxygens (including phenoxy) is 3. The summed E-state index contributed by atoms with van der Waals surface area (Å²) in [6.07, 6.45) is 1.32. The molecular weight excluding hydrogens is 455 g/mol. The Balaban J connectivity index is 1.99. The molecule has 156 valence electrons. The molecule has 0 fully saturated rings. The summed E-state index contributed by atoms with van der Waals surface area (Å²) in [7, 11) is 3.09. The van der Waals surface area contributed by atoms with Crippen molar-refractivity contribution in [1.82, 2.24) is 9.78 Å².